The quantitative estimate of drug-likeness (QED) is 0.878. The van der Waals surface area contributed by atoms with Gasteiger partial charge in [-0.15, -0.1) is 0 Å². The monoisotopic (exact) mass is 269 g/mol. The summed E-state index contributed by atoms with van der Waals surface area (Å²) in [5, 5.41) is 7.49. The van der Waals surface area contributed by atoms with Crippen molar-refractivity contribution in [2.45, 2.75) is 25.3 Å². The maximum Gasteiger partial charge on any atom is 0.253 e. The van der Waals surface area contributed by atoms with Crippen molar-refractivity contribution in [3.05, 3.63) is 42.1 Å². The van der Waals surface area contributed by atoms with Crippen LogP contribution in [0.25, 0.3) is 10.9 Å². The minimum absolute atomic E-state index is 0.0250. The van der Waals surface area contributed by atoms with Gasteiger partial charge in [-0.2, -0.15) is 0 Å². The molecule has 1 aliphatic heterocycles. The molecule has 1 unspecified atom stereocenters. The van der Waals surface area contributed by atoms with E-state index < -0.39 is 0 Å². The number of amides is 1. The molecule has 0 spiro atoms. The van der Waals surface area contributed by atoms with Crippen LogP contribution >= 0.6 is 0 Å². The van der Waals surface area contributed by atoms with Crippen molar-refractivity contribution in [3.8, 4) is 0 Å². The van der Waals surface area contributed by atoms with Gasteiger partial charge < -0.3 is 10.6 Å². The minimum Gasteiger partial charge on any atom is -0.348 e. The molecule has 1 fully saturated rings. The summed E-state index contributed by atoms with van der Waals surface area (Å²) < 4.78 is 0. The van der Waals surface area contributed by atoms with Gasteiger partial charge >= 0.3 is 0 Å². The van der Waals surface area contributed by atoms with Gasteiger partial charge in [0.1, 0.15) is 0 Å². The number of hydrogen-bond donors (Lipinski definition) is 2. The molecule has 0 aliphatic carbocycles. The lowest BCUT2D eigenvalue weighted by Crippen LogP contribution is -2.40. The molecule has 1 saturated heterocycles. The zero-order valence-corrected chi connectivity index (χ0v) is 11.4. The molecular weight excluding hydrogens is 250 g/mol. The number of nitrogens with one attached hydrogen (secondary N) is 2. The van der Waals surface area contributed by atoms with Crippen LogP contribution in [-0.4, -0.2) is 30.0 Å². The fourth-order valence-corrected chi connectivity index (χ4v) is 2.69. The van der Waals surface area contributed by atoms with Crippen LogP contribution in [0.1, 0.15) is 29.6 Å². The van der Waals surface area contributed by atoms with Crippen LogP contribution in [0.4, 0.5) is 0 Å². The van der Waals surface area contributed by atoms with Crippen molar-refractivity contribution in [1.29, 1.82) is 0 Å². The first-order valence-corrected chi connectivity index (χ1v) is 7.20. The van der Waals surface area contributed by atoms with Gasteiger partial charge in [0.25, 0.3) is 5.91 Å². The predicted molar refractivity (Wildman–Crippen MR) is 79.7 cm³/mol. The van der Waals surface area contributed by atoms with E-state index in [1.807, 2.05) is 30.3 Å². The zero-order chi connectivity index (χ0) is 13.8. The standard InChI is InChI=1S/C16H19N3O/c20-16(19-13-7-1-2-9-17-11-13)14-8-3-5-12-6-4-10-18-15(12)14/h3-6,8,10,13,17H,1-2,7,9,11H2,(H,19,20). The molecular formula is C16H19N3O. The van der Waals surface area contributed by atoms with E-state index in [1.54, 1.807) is 6.20 Å². The molecule has 2 heterocycles. The maximum absolute atomic E-state index is 12.5. The second kappa shape index (κ2) is 6.01. The Hall–Kier alpha value is -1.94. The molecule has 3 rings (SSSR count). The second-order valence-corrected chi connectivity index (χ2v) is 5.25. The maximum atomic E-state index is 12.5. The van der Waals surface area contributed by atoms with Crippen molar-refractivity contribution < 1.29 is 4.79 Å². The second-order valence-electron chi connectivity index (χ2n) is 5.25. The lowest BCUT2D eigenvalue weighted by Gasteiger charge is -2.16. The van der Waals surface area contributed by atoms with E-state index in [4.69, 9.17) is 0 Å². The first-order valence-electron chi connectivity index (χ1n) is 7.20. The van der Waals surface area contributed by atoms with Crippen LogP contribution in [-0.2, 0) is 0 Å². The fraction of sp³-hybridized carbons (Fsp3) is 0.375. The van der Waals surface area contributed by atoms with E-state index in [9.17, 15) is 4.79 Å². The van der Waals surface area contributed by atoms with Crippen molar-refractivity contribution in [1.82, 2.24) is 15.6 Å². The van der Waals surface area contributed by atoms with E-state index in [1.165, 1.54) is 6.42 Å². The third-order valence-corrected chi connectivity index (χ3v) is 3.76. The summed E-state index contributed by atoms with van der Waals surface area (Å²) in [4.78, 5) is 16.8. The lowest BCUT2D eigenvalue weighted by molar-refractivity contribution is 0.0937. The van der Waals surface area contributed by atoms with Gasteiger partial charge in [-0.05, 0) is 31.5 Å². The molecule has 0 bridgehead atoms. The van der Waals surface area contributed by atoms with Crippen LogP contribution in [0.2, 0.25) is 0 Å². The fourth-order valence-electron chi connectivity index (χ4n) is 2.69. The van der Waals surface area contributed by atoms with Gasteiger partial charge in [-0.25, -0.2) is 0 Å². The Labute approximate surface area is 118 Å². The Morgan fingerprint density at radius 2 is 2.15 bits per heavy atom. The van der Waals surface area contributed by atoms with Gasteiger partial charge in [0.2, 0.25) is 0 Å². The molecule has 1 aromatic carbocycles. The van der Waals surface area contributed by atoms with E-state index in [0.717, 1.165) is 36.8 Å². The van der Waals surface area contributed by atoms with Crippen LogP contribution < -0.4 is 10.6 Å². The number of pyridine rings is 1. The molecule has 1 amide bonds. The zero-order valence-electron chi connectivity index (χ0n) is 11.4. The number of para-hydroxylation sites is 1. The average Bonchev–Trinajstić information content (AvgIpc) is 2.75. The largest absolute Gasteiger partial charge is 0.348 e. The highest BCUT2D eigenvalue weighted by Gasteiger charge is 2.17. The van der Waals surface area contributed by atoms with Crippen LogP contribution in [0.15, 0.2) is 36.5 Å². The molecule has 1 atom stereocenters. The van der Waals surface area contributed by atoms with Crippen molar-refractivity contribution in [2.75, 3.05) is 13.1 Å². The first-order chi connectivity index (χ1) is 9.84. The normalized spacial score (nSPS) is 19.5. The van der Waals surface area contributed by atoms with Crippen molar-refractivity contribution in [2.24, 2.45) is 0 Å². The van der Waals surface area contributed by atoms with Gasteiger partial charge in [-0.3, -0.25) is 9.78 Å². The predicted octanol–water partition coefficient (Wildman–Crippen LogP) is 2.11. The topological polar surface area (TPSA) is 54.0 Å². The Morgan fingerprint density at radius 3 is 3.10 bits per heavy atom. The minimum atomic E-state index is -0.0250. The number of nitrogens with zero attached hydrogens (tertiary/aromatic N) is 1. The van der Waals surface area contributed by atoms with Crippen LogP contribution in [0.5, 0.6) is 0 Å². The summed E-state index contributed by atoms with van der Waals surface area (Å²) in [6.45, 7) is 1.89. The molecule has 0 saturated carbocycles. The number of fused-ring (bicyclic) bond motifs is 1. The molecule has 2 N–H and O–H groups in total. The molecule has 20 heavy (non-hydrogen) atoms. The Kier molecular flexibility index (Phi) is 3.92. The van der Waals surface area contributed by atoms with Gasteiger partial charge in [0.05, 0.1) is 11.1 Å². The Bertz CT molecular complexity index is 598. The van der Waals surface area contributed by atoms with Gasteiger partial charge in [-0.1, -0.05) is 24.6 Å². The molecule has 104 valence electrons. The van der Waals surface area contributed by atoms with Crippen molar-refractivity contribution >= 4 is 16.8 Å². The summed E-state index contributed by atoms with van der Waals surface area (Å²) in [7, 11) is 0. The summed E-state index contributed by atoms with van der Waals surface area (Å²) in [5.74, 6) is -0.0250. The van der Waals surface area contributed by atoms with Crippen LogP contribution in [0, 0.1) is 0 Å². The highest BCUT2D eigenvalue weighted by molar-refractivity contribution is 6.05. The SMILES string of the molecule is O=C(NC1CCCCNC1)c1cccc2cccnc12. The highest BCUT2D eigenvalue weighted by atomic mass is 16.1. The summed E-state index contributed by atoms with van der Waals surface area (Å²) in [5.41, 5.74) is 1.43. The van der Waals surface area contributed by atoms with Crippen LogP contribution in [0.3, 0.4) is 0 Å². The molecule has 1 aromatic heterocycles. The smallest absolute Gasteiger partial charge is 0.253 e. The van der Waals surface area contributed by atoms with E-state index in [2.05, 4.69) is 15.6 Å². The van der Waals surface area contributed by atoms with E-state index >= 15 is 0 Å². The molecule has 2 aromatic rings. The van der Waals surface area contributed by atoms with Crippen molar-refractivity contribution in [3.63, 3.8) is 0 Å². The highest BCUT2D eigenvalue weighted by Crippen LogP contribution is 2.16. The van der Waals surface area contributed by atoms with Gasteiger partial charge in [0.15, 0.2) is 0 Å². The molecule has 0 radical (unpaired) electrons. The third-order valence-electron chi connectivity index (χ3n) is 3.76. The Balaban J connectivity index is 1.81. The average molecular weight is 269 g/mol. The number of hydrogen-bond acceptors (Lipinski definition) is 3. The number of rotatable bonds is 2. The van der Waals surface area contributed by atoms with E-state index in [-0.39, 0.29) is 11.9 Å². The Morgan fingerprint density at radius 1 is 1.25 bits per heavy atom. The summed E-state index contributed by atoms with van der Waals surface area (Å²) >= 11 is 0. The summed E-state index contributed by atoms with van der Waals surface area (Å²) in [6, 6.07) is 9.81. The number of carbonyl (C=O) groups is 1. The third kappa shape index (κ3) is 2.80. The van der Waals surface area contributed by atoms with E-state index in [0.29, 0.717) is 5.56 Å². The number of carbonyl (C=O) groups excluding carboxylic acids is 1. The number of benzene rings is 1. The molecule has 1 aliphatic rings. The summed E-state index contributed by atoms with van der Waals surface area (Å²) in [6.07, 6.45) is 5.11. The lowest BCUT2D eigenvalue weighted by atomic mass is 10.1. The molecule has 4 nitrogen and oxygen atoms in total. The molecule has 4 heteroatoms. The first kappa shape index (κ1) is 13.1. The van der Waals surface area contributed by atoms with Gasteiger partial charge in [0, 0.05) is 24.2 Å². The number of aromatic nitrogens is 1.